The molecule has 5 nitrogen and oxygen atoms in total. The van der Waals surface area contributed by atoms with Crippen LogP contribution in [0.2, 0.25) is 10.0 Å². The van der Waals surface area contributed by atoms with Crippen LogP contribution in [0, 0.1) is 0 Å². The Balaban J connectivity index is 1.56. The zero-order valence-electron chi connectivity index (χ0n) is 22.2. The van der Waals surface area contributed by atoms with Crippen molar-refractivity contribution in [2.45, 2.75) is 70.0 Å². The van der Waals surface area contributed by atoms with Crippen LogP contribution < -0.4 is 10.1 Å². The van der Waals surface area contributed by atoms with E-state index in [0.717, 1.165) is 37.0 Å². The molecular formula is C32H36Cl2N2O3. The van der Waals surface area contributed by atoms with E-state index in [9.17, 15) is 9.59 Å². The van der Waals surface area contributed by atoms with Gasteiger partial charge in [0.2, 0.25) is 11.8 Å². The molecule has 0 bridgehead atoms. The van der Waals surface area contributed by atoms with E-state index in [1.54, 1.807) is 23.1 Å². The summed E-state index contributed by atoms with van der Waals surface area (Å²) >= 11 is 13.1. The molecule has 3 aromatic rings. The molecule has 0 spiro atoms. The summed E-state index contributed by atoms with van der Waals surface area (Å²) in [6, 6.07) is 24.1. The molecule has 206 valence electrons. The molecule has 4 rings (SSSR count). The Morgan fingerprint density at radius 3 is 2.18 bits per heavy atom. The molecule has 0 heterocycles. The largest absolute Gasteiger partial charge is 0.494 e. The van der Waals surface area contributed by atoms with Gasteiger partial charge in [0.15, 0.2) is 0 Å². The molecule has 7 heteroatoms. The number of para-hydroxylation sites is 1. The van der Waals surface area contributed by atoms with Crippen molar-refractivity contribution in [2.75, 3.05) is 6.61 Å². The molecule has 0 unspecified atom stereocenters. The zero-order chi connectivity index (χ0) is 27.5. The van der Waals surface area contributed by atoms with Crippen LogP contribution >= 0.6 is 23.2 Å². The van der Waals surface area contributed by atoms with Crippen LogP contribution in [0.15, 0.2) is 78.9 Å². The van der Waals surface area contributed by atoms with Crippen molar-refractivity contribution in [1.29, 1.82) is 0 Å². The van der Waals surface area contributed by atoms with Gasteiger partial charge in [-0.1, -0.05) is 97.1 Å². The van der Waals surface area contributed by atoms with Gasteiger partial charge in [0.1, 0.15) is 11.8 Å². The number of amides is 2. The topological polar surface area (TPSA) is 58.6 Å². The number of rotatable bonds is 12. The Hall–Kier alpha value is -3.02. The molecule has 1 aliphatic rings. The van der Waals surface area contributed by atoms with Crippen molar-refractivity contribution in [3.8, 4) is 5.75 Å². The highest BCUT2D eigenvalue weighted by Gasteiger charge is 2.32. The standard InChI is InChI=1S/C32H36Cl2N2O3/c33-28-18-10-19-29(34)27(28)23-36(31(37)20-11-21-39-26-16-8-3-9-17-26)30(22-24-12-4-1-5-13-24)32(38)35-25-14-6-2-7-15-25/h1,3-5,8-10,12-13,16-19,25,30H,2,6-7,11,14-15,20-23H2,(H,35,38)/t30-/m1/s1. The van der Waals surface area contributed by atoms with Gasteiger partial charge in [0, 0.05) is 41.0 Å². The molecule has 1 fully saturated rings. The van der Waals surface area contributed by atoms with Crippen LogP contribution in [0.25, 0.3) is 0 Å². The maximum absolute atomic E-state index is 13.8. The normalized spacial score (nSPS) is 14.4. The number of nitrogens with one attached hydrogen (secondary N) is 1. The molecule has 0 aliphatic heterocycles. The van der Waals surface area contributed by atoms with E-state index in [2.05, 4.69) is 5.32 Å². The molecule has 1 atom stereocenters. The SMILES string of the molecule is O=C(NC1CCCCC1)[C@@H](Cc1ccccc1)N(Cc1c(Cl)cccc1Cl)C(=O)CCCOc1ccccc1. The lowest BCUT2D eigenvalue weighted by molar-refractivity contribution is -0.141. The second-order valence-corrected chi connectivity index (χ2v) is 10.9. The molecule has 1 saturated carbocycles. The Morgan fingerprint density at radius 1 is 0.872 bits per heavy atom. The van der Waals surface area contributed by atoms with Gasteiger partial charge in [-0.15, -0.1) is 0 Å². The minimum Gasteiger partial charge on any atom is -0.494 e. The maximum Gasteiger partial charge on any atom is 0.243 e. The lowest BCUT2D eigenvalue weighted by Gasteiger charge is -2.34. The van der Waals surface area contributed by atoms with Crippen LogP contribution in [0.4, 0.5) is 0 Å². The number of carbonyl (C=O) groups is 2. The third-order valence-corrected chi connectivity index (χ3v) is 7.87. The van der Waals surface area contributed by atoms with Crippen molar-refractivity contribution >= 4 is 35.0 Å². The quantitative estimate of drug-likeness (QED) is 0.235. The van der Waals surface area contributed by atoms with E-state index >= 15 is 0 Å². The Bertz CT molecular complexity index is 1180. The third-order valence-electron chi connectivity index (χ3n) is 7.16. The second kappa shape index (κ2) is 14.9. The fourth-order valence-electron chi connectivity index (χ4n) is 5.03. The summed E-state index contributed by atoms with van der Waals surface area (Å²) < 4.78 is 5.80. The molecule has 1 N–H and O–H groups in total. The van der Waals surface area contributed by atoms with Gasteiger partial charge in [-0.05, 0) is 49.1 Å². The average molecular weight is 568 g/mol. The first-order valence-electron chi connectivity index (χ1n) is 13.8. The molecule has 39 heavy (non-hydrogen) atoms. The molecule has 1 aliphatic carbocycles. The predicted octanol–water partition coefficient (Wildman–Crippen LogP) is 7.24. The van der Waals surface area contributed by atoms with E-state index < -0.39 is 6.04 Å². The Kier molecular flexibility index (Phi) is 11.1. The van der Waals surface area contributed by atoms with E-state index in [4.69, 9.17) is 27.9 Å². The van der Waals surface area contributed by atoms with Crippen LogP contribution in [-0.4, -0.2) is 35.4 Å². The first kappa shape index (κ1) is 29.0. The van der Waals surface area contributed by atoms with Gasteiger partial charge >= 0.3 is 0 Å². The predicted molar refractivity (Wildman–Crippen MR) is 157 cm³/mol. The second-order valence-electron chi connectivity index (χ2n) is 10.0. The monoisotopic (exact) mass is 566 g/mol. The Morgan fingerprint density at radius 2 is 1.51 bits per heavy atom. The zero-order valence-corrected chi connectivity index (χ0v) is 23.7. The molecule has 3 aromatic carbocycles. The van der Waals surface area contributed by atoms with Gasteiger partial charge in [0.25, 0.3) is 0 Å². The number of hydrogen-bond donors (Lipinski definition) is 1. The number of ether oxygens (including phenoxy) is 1. The fraction of sp³-hybridized carbons (Fsp3) is 0.375. The van der Waals surface area contributed by atoms with Gasteiger partial charge < -0.3 is 15.0 Å². The minimum atomic E-state index is -0.704. The molecule has 0 saturated heterocycles. The Labute approximate surface area is 241 Å². The summed E-state index contributed by atoms with van der Waals surface area (Å²) in [5.41, 5.74) is 1.62. The minimum absolute atomic E-state index is 0.129. The number of hydrogen-bond acceptors (Lipinski definition) is 3. The highest BCUT2D eigenvalue weighted by atomic mass is 35.5. The highest BCUT2D eigenvalue weighted by molar-refractivity contribution is 6.36. The lowest BCUT2D eigenvalue weighted by Crippen LogP contribution is -2.52. The van der Waals surface area contributed by atoms with Crippen LogP contribution in [0.5, 0.6) is 5.75 Å². The van der Waals surface area contributed by atoms with Crippen molar-refractivity contribution in [3.63, 3.8) is 0 Å². The third kappa shape index (κ3) is 8.74. The summed E-state index contributed by atoms with van der Waals surface area (Å²) in [4.78, 5) is 29.3. The van der Waals surface area contributed by atoms with E-state index in [-0.39, 0.29) is 30.8 Å². The molecular weight excluding hydrogens is 531 g/mol. The van der Waals surface area contributed by atoms with Crippen LogP contribution in [-0.2, 0) is 22.6 Å². The summed E-state index contributed by atoms with van der Waals surface area (Å²) in [5.74, 6) is 0.489. The number of halogens is 2. The summed E-state index contributed by atoms with van der Waals surface area (Å²) in [5, 5.41) is 4.20. The summed E-state index contributed by atoms with van der Waals surface area (Å²) in [6.07, 6.45) is 6.48. The number of benzene rings is 3. The van der Waals surface area contributed by atoms with Crippen molar-refractivity contribution in [3.05, 3.63) is 100 Å². The maximum atomic E-state index is 13.8. The van der Waals surface area contributed by atoms with Crippen LogP contribution in [0.3, 0.4) is 0 Å². The first-order valence-corrected chi connectivity index (χ1v) is 14.5. The fourth-order valence-corrected chi connectivity index (χ4v) is 5.54. The van der Waals surface area contributed by atoms with Gasteiger partial charge in [-0.25, -0.2) is 0 Å². The van der Waals surface area contributed by atoms with Gasteiger partial charge in [-0.3, -0.25) is 9.59 Å². The van der Waals surface area contributed by atoms with Crippen molar-refractivity contribution in [1.82, 2.24) is 10.2 Å². The van der Waals surface area contributed by atoms with Gasteiger partial charge in [-0.2, -0.15) is 0 Å². The lowest BCUT2D eigenvalue weighted by atomic mass is 9.94. The van der Waals surface area contributed by atoms with E-state index in [1.165, 1.54) is 6.42 Å². The number of carbonyl (C=O) groups excluding carboxylic acids is 2. The first-order chi connectivity index (χ1) is 19.0. The molecule has 0 radical (unpaired) electrons. The van der Waals surface area contributed by atoms with Gasteiger partial charge in [0.05, 0.1) is 6.61 Å². The van der Waals surface area contributed by atoms with Crippen LogP contribution in [0.1, 0.15) is 56.1 Å². The average Bonchev–Trinajstić information content (AvgIpc) is 2.96. The summed E-state index contributed by atoms with van der Waals surface area (Å²) in [7, 11) is 0. The molecule has 2 amide bonds. The highest BCUT2D eigenvalue weighted by Crippen LogP contribution is 2.28. The van der Waals surface area contributed by atoms with Crippen molar-refractivity contribution in [2.24, 2.45) is 0 Å². The van der Waals surface area contributed by atoms with E-state index in [0.29, 0.717) is 35.1 Å². The van der Waals surface area contributed by atoms with Crippen molar-refractivity contribution < 1.29 is 14.3 Å². The summed E-state index contributed by atoms with van der Waals surface area (Å²) in [6.45, 7) is 0.542. The molecule has 0 aromatic heterocycles. The number of nitrogens with zero attached hydrogens (tertiary/aromatic N) is 1. The smallest absolute Gasteiger partial charge is 0.243 e. The van der Waals surface area contributed by atoms with E-state index in [1.807, 2.05) is 60.7 Å².